The predicted octanol–water partition coefficient (Wildman–Crippen LogP) is 3.35. The lowest BCUT2D eigenvalue weighted by Crippen LogP contribution is -2.45. The molecule has 1 aromatic rings. The summed E-state index contributed by atoms with van der Waals surface area (Å²) in [4.78, 5) is 9.42. The van der Waals surface area contributed by atoms with Crippen LogP contribution in [0, 0.1) is 0 Å². The lowest BCUT2D eigenvalue weighted by atomic mass is 10.1. The summed E-state index contributed by atoms with van der Waals surface area (Å²) >= 11 is 0. The van der Waals surface area contributed by atoms with Crippen LogP contribution < -0.4 is 15.4 Å². The van der Waals surface area contributed by atoms with E-state index in [9.17, 15) is 0 Å². The van der Waals surface area contributed by atoms with Crippen molar-refractivity contribution in [2.75, 3.05) is 53.4 Å². The van der Waals surface area contributed by atoms with Crippen molar-refractivity contribution in [1.82, 2.24) is 20.4 Å². The number of aliphatic imine (C=N–C) groups is 1. The minimum atomic E-state index is 0. The topological polar surface area (TPSA) is 52.1 Å². The van der Waals surface area contributed by atoms with Gasteiger partial charge in [-0.1, -0.05) is 19.1 Å². The fourth-order valence-electron chi connectivity index (χ4n) is 3.87. The van der Waals surface area contributed by atoms with Crippen LogP contribution in [0.1, 0.15) is 45.2 Å². The van der Waals surface area contributed by atoms with Gasteiger partial charge < -0.3 is 15.4 Å². The van der Waals surface area contributed by atoms with E-state index in [0.717, 1.165) is 51.0 Å². The number of benzene rings is 1. The van der Waals surface area contributed by atoms with Crippen LogP contribution in [0.2, 0.25) is 0 Å². The molecular formula is C22H40IN5O. The summed E-state index contributed by atoms with van der Waals surface area (Å²) in [7, 11) is 3.57. The third kappa shape index (κ3) is 8.30. The Balaban J connectivity index is 0.00000420. The number of nitrogens with zero attached hydrogens (tertiary/aromatic N) is 3. The molecule has 0 amide bonds. The highest BCUT2D eigenvalue weighted by Crippen LogP contribution is 2.27. The first-order valence-electron chi connectivity index (χ1n) is 10.7. The summed E-state index contributed by atoms with van der Waals surface area (Å²) in [5, 5.41) is 7.00. The first kappa shape index (κ1) is 26.0. The molecule has 0 aromatic heterocycles. The number of methoxy groups -OCH3 is 1. The SMILES string of the molecule is CCN(CCNC(=NC)NCC(c1cccc(OC)c1)N1CCCC1)C(C)C.I. The Labute approximate surface area is 194 Å². The standard InChI is InChI=1S/C22H39N5O.HI/c1-6-26(18(2)3)15-12-24-22(23-4)25-17-21(27-13-7-8-14-27)19-10-9-11-20(16-19)28-5;/h9-11,16,18,21H,6-8,12-15,17H2,1-5H3,(H2,23,24,25);1H. The van der Waals surface area contributed by atoms with Gasteiger partial charge in [-0.25, -0.2) is 0 Å². The number of likely N-dealkylation sites (tertiary alicyclic amines) is 1. The minimum absolute atomic E-state index is 0. The summed E-state index contributed by atoms with van der Waals surface area (Å²) < 4.78 is 5.44. The van der Waals surface area contributed by atoms with Gasteiger partial charge >= 0.3 is 0 Å². The van der Waals surface area contributed by atoms with E-state index in [1.54, 1.807) is 7.11 Å². The second-order valence-electron chi connectivity index (χ2n) is 7.64. The molecule has 1 aliphatic heterocycles. The number of likely N-dealkylation sites (N-methyl/N-ethyl adjacent to an activating group) is 1. The average molecular weight is 518 g/mol. The van der Waals surface area contributed by atoms with Gasteiger partial charge in [0.1, 0.15) is 5.75 Å². The van der Waals surface area contributed by atoms with E-state index in [2.05, 4.69) is 64.4 Å². The van der Waals surface area contributed by atoms with Crippen LogP contribution in [0.5, 0.6) is 5.75 Å². The Bertz CT molecular complexity index is 605. The van der Waals surface area contributed by atoms with Gasteiger partial charge in [-0.3, -0.25) is 14.8 Å². The summed E-state index contributed by atoms with van der Waals surface area (Å²) in [5.74, 6) is 1.78. The number of nitrogens with one attached hydrogen (secondary N) is 2. The van der Waals surface area contributed by atoms with E-state index in [1.807, 2.05) is 13.1 Å². The molecule has 2 N–H and O–H groups in total. The van der Waals surface area contributed by atoms with Crippen molar-refractivity contribution in [3.63, 3.8) is 0 Å². The lowest BCUT2D eigenvalue weighted by molar-refractivity contribution is 0.236. The molecule has 2 rings (SSSR count). The van der Waals surface area contributed by atoms with Gasteiger partial charge in [-0.15, -0.1) is 24.0 Å². The number of hydrogen-bond donors (Lipinski definition) is 2. The van der Waals surface area contributed by atoms with E-state index >= 15 is 0 Å². The summed E-state index contributed by atoms with van der Waals surface area (Å²) in [6.45, 7) is 12.8. The van der Waals surface area contributed by atoms with Crippen molar-refractivity contribution >= 4 is 29.9 Å². The molecular weight excluding hydrogens is 477 g/mol. The van der Waals surface area contributed by atoms with Crippen molar-refractivity contribution in [3.05, 3.63) is 29.8 Å². The number of guanidine groups is 1. The Morgan fingerprint density at radius 3 is 2.55 bits per heavy atom. The van der Waals surface area contributed by atoms with Crippen LogP contribution in [0.3, 0.4) is 0 Å². The van der Waals surface area contributed by atoms with Crippen LogP contribution in [-0.2, 0) is 0 Å². The van der Waals surface area contributed by atoms with Gasteiger partial charge in [0.15, 0.2) is 5.96 Å². The molecule has 0 radical (unpaired) electrons. The van der Waals surface area contributed by atoms with Gasteiger partial charge in [0.05, 0.1) is 13.2 Å². The summed E-state index contributed by atoms with van der Waals surface area (Å²) in [6.07, 6.45) is 2.55. The molecule has 1 atom stereocenters. The highest BCUT2D eigenvalue weighted by atomic mass is 127. The molecule has 0 spiro atoms. The number of rotatable bonds is 10. The zero-order valence-corrected chi connectivity index (χ0v) is 21.1. The lowest BCUT2D eigenvalue weighted by Gasteiger charge is -2.29. The molecule has 1 saturated heterocycles. The molecule has 1 heterocycles. The average Bonchev–Trinajstić information content (AvgIpc) is 3.24. The molecule has 166 valence electrons. The number of hydrogen-bond acceptors (Lipinski definition) is 4. The summed E-state index contributed by atoms with van der Waals surface area (Å²) in [5.41, 5.74) is 1.29. The smallest absolute Gasteiger partial charge is 0.191 e. The van der Waals surface area contributed by atoms with Crippen LogP contribution in [-0.4, -0.2) is 75.2 Å². The van der Waals surface area contributed by atoms with E-state index < -0.39 is 0 Å². The van der Waals surface area contributed by atoms with E-state index in [4.69, 9.17) is 4.74 Å². The van der Waals surface area contributed by atoms with Gasteiger partial charge in [-0.2, -0.15) is 0 Å². The number of ether oxygens (including phenoxy) is 1. The third-order valence-corrected chi connectivity index (χ3v) is 5.57. The van der Waals surface area contributed by atoms with Crippen molar-refractivity contribution in [2.24, 2.45) is 4.99 Å². The Hall–Kier alpha value is -1.06. The molecule has 6 nitrogen and oxygen atoms in total. The zero-order chi connectivity index (χ0) is 20.4. The van der Waals surface area contributed by atoms with E-state index in [1.165, 1.54) is 18.4 Å². The normalized spacial score (nSPS) is 16.0. The Morgan fingerprint density at radius 2 is 1.97 bits per heavy atom. The predicted molar refractivity (Wildman–Crippen MR) is 134 cm³/mol. The highest BCUT2D eigenvalue weighted by Gasteiger charge is 2.24. The van der Waals surface area contributed by atoms with Crippen LogP contribution >= 0.6 is 24.0 Å². The van der Waals surface area contributed by atoms with Crippen molar-refractivity contribution < 1.29 is 4.74 Å². The maximum absolute atomic E-state index is 5.44. The van der Waals surface area contributed by atoms with Gasteiger partial charge in [0.25, 0.3) is 0 Å². The van der Waals surface area contributed by atoms with Gasteiger partial charge in [-0.05, 0) is 64.0 Å². The van der Waals surface area contributed by atoms with Crippen LogP contribution in [0.15, 0.2) is 29.3 Å². The molecule has 1 fully saturated rings. The molecule has 0 saturated carbocycles. The fourth-order valence-corrected chi connectivity index (χ4v) is 3.87. The molecule has 7 heteroatoms. The van der Waals surface area contributed by atoms with Gasteiger partial charge in [0.2, 0.25) is 0 Å². The van der Waals surface area contributed by atoms with Crippen molar-refractivity contribution in [2.45, 2.75) is 45.7 Å². The first-order valence-corrected chi connectivity index (χ1v) is 10.7. The van der Waals surface area contributed by atoms with E-state index in [-0.39, 0.29) is 24.0 Å². The molecule has 1 aromatic carbocycles. The van der Waals surface area contributed by atoms with Crippen molar-refractivity contribution in [3.8, 4) is 5.75 Å². The first-order chi connectivity index (χ1) is 13.6. The Morgan fingerprint density at radius 1 is 1.24 bits per heavy atom. The quantitative estimate of drug-likeness (QED) is 0.283. The number of halogens is 1. The monoisotopic (exact) mass is 517 g/mol. The van der Waals surface area contributed by atoms with Gasteiger partial charge in [0, 0.05) is 32.7 Å². The fraction of sp³-hybridized carbons (Fsp3) is 0.682. The Kier molecular flexibility index (Phi) is 12.6. The van der Waals surface area contributed by atoms with Crippen LogP contribution in [0.25, 0.3) is 0 Å². The molecule has 0 bridgehead atoms. The molecule has 0 aliphatic carbocycles. The zero-order valence-electron chi connectivity index (χ0n) is 18.8. The molecule has 29 heavy (non-hydrogen) atoms. The third-order valence-electron chi connectivity index (χ3n) is 5.57. The maximum atomic E-state index is 5.44. The second kappa shape index (κ2) is 14.0. The maximum Gasteiger partial charge on any atom is 0.191 e. The summed E-state index contributed by atoms with van der Waals surface area (Å²) in [6, 6.07) is 9.32. The highest BCUT2D eigenvalue weighted by molar-refractivity contribution is 14.0. The minimum Gasteiger partial charge on any atom is -0.497 e. The molecule has 1 unspecified atom stereocenters. The van der Waals surface area contributed by atoms with E-state index in [0.29, 0.717) is 12.1 Å². The molecule has 1 aliphatic rings. The van der Waals surface area contributed by atoms with Crippen LogP contribution in [0.4, 0.5) is 0 Å². The van der Waals surface area contributed by atoms with Crippen molar-refractivity contribution in [1.29, 1.82) is 0 Å². The largest absolute Gasteiger partial charge is 0.497 e. The second-order valence-corrected chi connectivity index (χ2v) is 7.64.